The van der Waals surface area contributed by atoms with Crippen molar-refractivity contribution in [2.45, 2.75) is 36.2 Å². The van der Waals surface area contributed by atoms with Gasteiger partial charge in [-0.15, -0.1) is 0 Å². The van der Waals surface area contributed by atoms with Crippen molar-refractivity contribution in [2.24, 2.45) is 0 Å². The molecule has 0 saturated carbocycles. The van der Waals surface area contributed by atoms with Gasteiger partial charge in [-0.05, 0) is 5.54 Å². The van der Waals surface area contributed by atoms with Crippen molar-refractivity contribution in [2.75, 3.05) is 42.7 Å². The summed E-state index contributed by atoms with van der Waals surface area (Å²) in [6.07, 6.45) is 0. The van der Waals surface area contributed by atoms with E-state index in [4.69, 9.17) is 28.4 Å². The molecular formula is C12H30O6Si2. The lowest BCUT2D eigenvalue weighted by Gasteiger charge is -2.39. The molecule has 0 N–H and O–H groups in total. The first-order chi connectivity index (χ1) is 9.40. The summed E-state index contributed by atoms with van der Waals surface area (Å²) in [5, 5.41) is 0. The van der Waals surface area contributed by atoms with E-state index in [1.165, 1.54) is 0 Å². The van der Waals surface area contributed by atoms with Gasteiger partial charge >= 0.3 is 0 Å². The number of rotatable bonds is 11. The molecule has 0 aromatic heterocycles. The van der Waals surface area contributed by atoms with Gasteiger partial charge in [0.05, 0.1) is 0 Å². The second-order valence-electron chi connectivity index (χ2n) is 4.90. The van der Waals surface area contributed by atoms with Gasteiger partial charge < -0.3 is 28.4 Å². The van der Waals surface area contributed by atoms with Gasteiger partial charge in [-0.25, -0.2) is 0 Å². The van der Waals surface area contributed by atoms with Crippen LogP contribution in [0, 0.1) is 0 Å². The normalized spacial score (nSPS) is 15.4. The average molecular weight is 327 g/mol. The van der Waals surface area contributed by atoms with Gasteiger partial charge in [0.15, 0.2) is 0 Å². The van der Waals surface area contributed by atoms with Gasteiger partial charge in [-0.3, -0.25) is 0 Å². The molecule has 0 radical (unpaired) electrons. The van der Waals surface area contributed by atoms with Gasteiger partial charge in [0.2, 0.25) is 5.60 Å². The van der Waals surface area contributed by atoms with E-state index in [1.54, 1.807) is 42.7 Å². The van der Waals surface area contributed by atoms with Gasteiger partial charge in [0.25, 0.3) is 5.60 Å². The molecule has 20 heavy (non-hydrogen) atoms. The molecule has 0 rings (SSSR count). The molecule has 0 fully saturated rings. The molecule has 8 heteroatoms. The maximum absolute atomic E-state index is 5.54. The predicted octanol–water partition coefficient (Wildman–Crippen LogP) is 0.432. The minimum atomic E-state index is -1.54. The average Bonchev–Trinajstić information content (AvgIpc) is 2.48. The van der Waals surface area contributed by atoms with Crippen molar-refractivity contribution in [3.8, 4) is 0 Å². The molecule has 0 saturated heterocycles. The summed E-state index contributed by atoms with van der Waals surface area (Å²) in [7, 11) is 7.28. The summed E-state index contributed by atoms with van der Waals surface area (Å²) in [5.74, 6) is 0. The van der Waals surface area contributed by atoms with Gasteiger partial charge in [0, 0.05) is 42.7 Å². The van der Waals surface area contributed by atoms with E-state index in [9.17, 15) is 0 Å². The molecule has 0 spiro atoms. The number of hydrogen-bond donors (Lipinski definition) is 0. The van der Waals surface area contributed by atoms with Crippen molar-refractivity contribution in [3.05, 3.63) is 0 Å². The van der Waals surface area contributed by atoms with Crippen LogP contribution in [0.3, 0.4) is 0 Å². The van der Waals surface area contributed by atoms with Crippen LogP contribution in [0.5, 0.6) is 0 Å². The smallest absolute Gasteiger partial charge is 0.252 e. The highest BCUT2D eigenvalue weighted by Crippen LogP contribution is 2.29. The van der Waals surface area contributed by atoms with Crippen molar-refractivity contribution >= 4 is 18.3 Å². The molecule has 0 aromatic rings. The molecule has 6 nitrogen and oxygen atoms in total. The third-order valence-electron chi connectivity index (χ3n) is 3.81. The topological polar surface area (TPSA) is 55.4 Å². The Morgan fingerprint density at radius 1 is 0.800 bits per heavy atom. The Hall–Kier alpha value is 0.194. The molecule has 122 valence electrons. The maximum Gasteiger partial charge on any atom is 0.252 e. The zero-order valence-electron chi connectivity index (χ0n) is 14.0. The van der Waals surface area contributed by atoms with Crippen molar-refractivity contribution in [1.82, 2.24) is 0 Å². The summed E-state index contributed by atoms with van der Waals surface area (Å²) < 4.78 is 32.8. The fraction of sp³-hybridized carbons (Fsp3) is 1.00. The lowest BCUT2D eigenvalue weighted by molar-refractivity contribution is -0.299. The van der Waals surface area contributed by atoms with Crippen LogP contribution in [-0.2, 0) is 28.4 Å². The van der Waals surface area contributed by atoms with Crippen LogP contribution in [0.4, 0.5) is 0 Å². The highest BCUT2D eigenvalue weighted by atomic mass is 28.3. The van der Waals surface area contributed by atoms with Gasteiger partial charge in [0.1, 0.15) is 18.3 Å². The molecule has 0 heterocycles. The van der Waals surface area contributed by atoms with Crippen LogP contribution in [0.1, 0.15) is 13.8 Å². The Kier molecular flexibility index (Phi) is 9.35. The van der Waals surface area contributed by atoms with Crippen LogP contribution in [-0.4, -0.2) is 72.2 Å². The van der Waals surface area contributed by atoms with Crippen molar-refractivity contribution < 1.29 is 28.4 Å². The second kappa shape index (κ2) is 9.26. The first kappa shape index (κ1) is 20.2. The standard InChI is InChI=1S/C12H30O6Si2/c1-10(2)20(12(16-6,17-7)18-8)9-19-11(13-3,14-4)15-5/h10,20H,9,19H2,1-8H3. The lowest BCUT2D eigenvalue weighted by atomic mass is 10.6. The summed E-state index contributed by atoms with van der Waals surface area (Å²) in [6, 6.07) is 0. The van der Waals surface area contributed by atoms with E-state index < -0.39 is 29.5 Å². The third kappa shape index (κ3) is 4.60. The fourth-order valence-corrected chi connectivity index (χ4v) is 11.6. The Bertz CT molecular complexity index is 240. The SMILES string of the molecule is COC(OC)(OC)[SiH2]C[SiH](C(C)C)C(OC)(OC)OC. The molecule has 0 aliphatic heterocycles. The minimum absolute atomic E-state index is 0.450. The Morgan fingerprint density at radius 3 is 1.45 bits per heavy atom. The van der Waals surface area contributed by atoms with Crippen molar-refractivity contribution in [1.29, 1.82) is 0 Å². The first-order valence-corrected chi connectivity index (χ1v) is 10.5. The van der Waals surface area contributed by atoms with E-state index >= 15 is 0 Å². The maximum atomic E-state index is 5.54. The van der Waals surface area contributed by atoms with E-state index in [0.717, 1.165) is 5.67 Å². The zero-order valence-corrected chi connectivity index (χ0v) is 16.6. The van der Waals surface area contributed by atoms with Crippen molar-refractivity contribution in [3.63, 3.8) is 0 Å². The molecule has 1 atom stereocenters. The Balaban J connectivity index is 5.04. The Morgan fingerprint density at radius 2 is 1.20 bits per heavy atom. The minimum Gasteiger partial charge on any atom is -0.335 e. The summed E-state index contributed by atoms with van der Waals surface area (Å²) in [5.41, 5.74) is -0.392. The van der Waals surface area contributed by atoms with Crippen LogP contribution in [0.15, 0.2) is 0 Å². The second-order valence-corrected chi connectivity index (χ2v) is 11.8. The number of hydrogen-bond acceptors (Lipinski definition) is 6. The lowest BCUT2D eigenvalue weighted by Crippen LogP contribution is -2.55. The molecule has 0 amide bonds. The number of methoxy groups -OCH3 is 6. The van der Waals surface area contributed by atoms with Crippen LogP contribution >= 0.6 is 0 Å². The van der Waals surface area contributed by atoms with E-state index in [0.29, 0.717) is 5.54 Å². The van der Waals surface area contributed by atoms with E-state index in [-0.39, 0.29) is 0 Å². The molecule has 0 bridgehead atoms. The van der Waals surface area contributed by atoms with Crippen LogP contribution in [0.25, 0.3) is 0 Å². The third-order valence-corrected chi connectivity index (χ3v) is 12.2. The predicted molar refractivity (Wildman–Crippen MR) is 83.1 cm³/mol. The summed E-state index contributed by atoms with van der Waals surface area (Å²) in [4.78, 5) is 0. The monoisotopic (exact) mass is 326 g/mol. The highest BCUT2D eigenvalue weighted by Gasteiger charge is 2.45. The molecular weight excluding hydrogens is 296 g/mol. The Labute approximate surface area is 126 Å². The zero-order chi connectivity index (χ0) is 15.8. The number of ether oxygens (including phenoxy) is 6. The first-order valence-electron chi connectivity index (χ1n) is 6.71. The van der Waals surface area contributed by atoms with Gasteiger partial charge in [-0.2, -0.15) is 0 Å². The van der Waals surface area contributed by atoms with Crippen LogP contribution < -0.4 is 0 Å². The molecule has 0 aliphatic rings. The van der Waals surface area contributed by atoms with Crippen LogP contribution in [0.2, 0.25) is 11.2 Å². The van der Waals surface area contributed by atoms with E-state index in [2.05, 4.69) is 13.8 Å². The molecule has 0 aromatic carbocycles. The highest BCUT2D eigenvalue weighted by molar-refractivity contribution is 6.72. The molecule has 0 aliphatic carbocycles. The fourth-order valence-electron chi connectivity index (χ4n) is 2.51. The van der Waals surface area contributed by atoms with E-state index in [1.807, 2.05) is 0 Å². The summed E-state index contributed by atoms with van der Waals surface area (Å²) >= 11 is 0. The van der Waals surface area contributed by atoms with Gasteiger partial charge in [-0.1, -0.05) is 19.5 Å². The quantitative estimate of drug-likeness (QED) is 0.405. The largest absolute Gasteiger partial charge is 0.335 e. The molecule has 1 unspecified atom stereocenters. The summed E-state index contributed by atoms with van der Waals surface area (Å²) in [6.45, 7) is 4.34.